The van der Waals surface area contributed by atoms with Crippen LogP contribution in [0.1, 0.15) is 42.7 Å². The van der Waals surface area contributed by atoms with Crippen LogP contribution in [0.2, 0.25) is 5.02 Å². The molecule has 0 bridgehead atoms. The van der Waals surface area contributed by atoms with Gasteiger partial charge in [-0.1, -0.05) is 35.9 Å². The molecule has 3 aromatic rings. The van der Waals surface area contributed by atoms with E-state index in [1.165, 1.54) is 18.4 Å². The summed E-state index contributed by atoms with van der Waals surface area (Å²) in [5.41, 5.74) is 3.88. The van der Waals surface area contributed by atoms with E-state index in [2.05, 4.69) is 61.5 Å². The van der Waals surface area contributed by atoms with Crippen LogP contribution in [0.3, 0.4) is 0 Å². The Hall–Kier alpha value is -2.72. The van der Waals surface area contributed by atoms with Crippen LogP contribution in [0.5, 0.6) is 0 Å². The van der Waals surface area contributed by atoms with Gasteiger partial charge in [0.25, 0.3) is 0 Å². The summed E-state index contributed by atoms with van der Waals surface area (Å²) in [6.07, 6.45) is 5.40. The predicted molar refractivity (Wildman–Crippen MR) is 145 cm³/mol. The van der Waals surface area contributed by atoms with Crippen LogP contribution in [0.4, 0.5) is 23.1 Å². The molecule has 0 amide bonds. The van der Waals surface area contributed by atoms with Crippen LogP contribution in [-0.4, -0.2) is 48.7 Å². The Morgan fingerprint density at radius 3 is 2.47 bits per heavy atom. The van der Waals surface area contributed by atoms with E-state index in [9.17, 15) is 8.42 Å². The smallest absolute Gasteiger partial charge is 0.229 e. The molecule has 1 aliphatic carbocycles. The maximum atomic E-state index is 12.1. The minimum Gasteiger partial charge on any atom is -0.339 e. The minimum atomic E-state index is -3.23. The van der Waals surface area contributed by atoms with Crippen molar-refractivity contribution in [2.45, 2.75) is 43.4 Å². The molecule has 1 aliphatic heterocycles. The summed E-state index contributed by atoms with van der Waals surface area (Å²) in [6, 6.07) is 16.0. The summed E-state index contributed by atoms with van der Waals surface area (Å²) < 4.78 is 26.9. The molecule has 36 heavy (non-hydrogen) atoms. The van der Waals surface area contributed by atoms with Gasteiger partial charge in [0, 0.05) is 17.9 Å². The Bertz CT molecular complexity index is 1310. The Kier molecular flexibility index (Phi) is 7.43. The second-order valence-corrected chi connectivity index (χ2v) is 12.1. The van der Waals surface area contributed by atoms with Crippen molar-refractivity contribution in [1.82, 2.24) is 19.6 Å². The fourth-order valence-corrected chi connectivity index (χ4v) is 5.90. The zero-order chi connectivity index (χ0) is 25.1. The molecule has 2 heterocycles. The number of nitrogens with one attached hydrogen (secondary N) is 3. The van der Waals surface area contributed by atoms with E-state index in [0.717, 1.165) is 42.9 Å². The zero-order valence-electron chi connectivity index (χ0n) is 20.2. The van der Waals surface area contributed by atoms with E-state index < -0.39 is 10.0 Å². The average Bonchev–Trinajstić information content (AvgIpc) is 3.73. The topological polar surface area (TPSA) is 99.2 Å². The summed E-state index contributed by atoms with van der Waals surface area (Å²) in [7, 11) is -1.06. The number of piperidine rings is 1. The van der Waals surface area contributed by atoms with Crippen molar-refractivity contribution in [3.63, 3.8) is 0 Å². The molecule has 2 aliphatic rings. The predicted octanol–water partition coefficient (Wildman–Crippen LogP) is 5.01. The van der Waals surface area contributed by atoms with Gasteiger partial charge >= 0.3 is 0 Å². The molecule has 3 N–H and O–H groups in total. The van der Waals surface area contributed by atoms with Gasteiger partial charge in [-0.25, -0.2) is 18.1 Å². The van der Waals surface area contributed by atoms with Crippen LogP contribution >= 0.6 is 11.6 Å². The molecule has 0 radical (unpaired) electrons. The van der Waals surface area contributed by atoms with E-state index in [4.69, 9.17) is 11.6 Å². The molecule has 1 aromatic heterocycles. The van der Waals surface area contributed by atoms with Crippen molar-refractivity contribution in [1.29, 1.82) is 0 Å². The van der Waals surface area contributed by atoms with Crippen molar-refractivity contribution in [3.8, 4) is 0 Å². The van der Waals surface area contributed by atoms with Crippen molar-refractivity contribution >= 4 is 44.8 Å². The summed E-state index contributed by atoms with van der Waals surface area (Å²) in [5, 5.41) is 6.62. The van der Waals surface area contributed by atoms with Gasteiger partial charge in [-0.05, 0) is 87.1 Å². The Morgan fingerprint density at radius 2 is 1.75 bits per heavy atom. The third-order valence-corrected chi connectivity index (χ3v) is 8.90. The van der Waals surface area contributed by atoms with E-state index in [0.29, 0.717) is 22.7 Å². The van der Waals surface area contributed by atoms with Crippen LogP contribution in [0.15, 0.2) is 54.7 Å². The van der Waals surface area contributed by atoms with Crippen molar-refractivity contribution in [2.24, 2.45) is 0 Å². The highest BCUT2D eigenvalue weighted by Crippen LogP contribution is 2.30. The maximum absolute atomic E-state index is 12.1. The minimum absolute atomic E-state index is 0.241. The number of rotatable bonds is 9. The SMILES string of the molecule is CN1CCC(c2ccc(Nc3ncc(Cl)c(Nc4cccc(CNS(=O)(=O)C5CC5)c4)n3)cc2)CC1. The molecule has 2 fully saturated rings. The number of sulfonamides is 1. The Morgan fingerprint density at radius 1 is 1.00 bits per heavy atom. The fourth-order valence-electron chi connectivity index (χ4n) is 4.40. The number of nitrogens with zero attached hydrogens (tertiary/aromatic N) is 3. The van der Waals surface area contributed by atoms with Crippen LogP contribution in [0.25, 0.3) is 0 Å². The molecule has 1 saturated heterocycles. The first-order chi connectivity index (χ1) is 17.4. The molecule has 190 valence electrons. The van der Waals surface area contributed by atoms with E-state index in [-0.39, 0.29) is 11.8 Å². The van der Waals surface area contributed by atoms with Gasteiger partial charge in [0.1, 0.15) is 5.02 Å². The Labute approximate surface area is 217 Å². The van der Waals surface area contributed by atoms with Gasteiger partial charge in [0.2, 0.25) is 16.0 Å². The summed E-state index contributed by atoms with van der Waals surface area (Å²) >= 11 is 6.36. The molecule has 5 rings (SSSR count). The number of hydrogen-bond donors (Lipinski definition) is 3. The first-order valence-corrected chi connectivity index (χ1v) is 14.2. The molecule has 2 aromatic carbocycles. The Balaban J connectivity index is 1.23. The van der Waals surface area contributed by atoms with Crippen LogP contribution in [-0.2, 0) is 16.6 Å². The van der Waals surface area contributed by atoms with E-state index in [1.54, 1.807) is 6.20 Å². The lowest BCUT2D eigenvalue weighted by molar-refractivity contribution is 0.255. The van der Waals surface area contributed by atoms with Gasteiger partial charge in [0.15, 0.2) is 5.82 Å². The van der Waals surface area contributed by atoms with Crippen molar-refractivity contribution < 1.29 is 8.42 Å². The summed E-state index contributed by atoms with van der Waals surface area (Å²) in [5.74, 6) is 1.51. The van der Waals surface area contributed by atoms with Crippen molar-refractivity contribution in [3.05, 3.63) is 70.9 Å². The van der Waals surface area contributed by atoms with Gasteiger partial charge in [-0.3, -0.25) is 0 Å². The largest absolute Gasteiger partial charge is 0.339 e. The molecular weight excluding hydrogens is 496 g/mol. The number of likely N-dealkylation sites (tertiary alicyclic amines) is 1. The molecule has 0 unspecified atom stereocenters. The maximum Gasteiger partial charge on any atom is 0.229 e. The number of benzene rings is 2. The first kappa shape index (κ1) is 25.0. The third kappa shape index (κ3) is 6.34. The lowest BCUT2D eigenvalue weighted by atomic mass is 9.89. The van der Waals surface area contributed by atoms with Gasteiger partial charge in [-0.15, -0.1) is 0 Å². The molecule has 0 spiro atoms. The monoisotopic (exact) mass is 526 g/mol. The molecular formula is C26H31ClN6O2S. The number of aromatic nitrogens is 2. The number of halogens is 1. The zero-order valence-corrected chi connectivity index (χ0v) is 21.8. The van der Waals surface area contributed by atoms with Crippen molar-refractivity contribution in [2.75, 3.05) is 30.8 Å². The molecule has 1 saturated carbocycles. The average molecular weight is 527 g/mol. The molecule has 10 heteroatoms. The molecule has 0 atom stereocenters. The van der Waals surface area contributed by atoms with Gasteiger partial charge in [-0.2, -0.15) is 4.98 Å². The third-order valence-electron chi connectivity index (χ3n) is 6.73. The highest BCUT2D eigenvalue weighted by molar-refractivity contribution is 7.90. The highest BCUT2D eigenvalue weighted by atomic mass is 35.5. The first-order valence-electron chi connectivity index (χ1n) is 12.3. The number of anilines is 4. The normalized spacial score (nSPS) is 17.2. The van der Waals surface area contributed by atoms with Crippen LogP contribution in [0, 0.1) is 0 Å². The van der Waals surface area contributed by atoms with Gasteiger partial charge in [0.05, 0.1) is 11.4 Å². The van der Waals surface area contributed by atoms with E-state index in [1.807, 2.05) is 24.3 Å². The summed E-state index contributed by atoms with van der Waals surface area (Å²) in [4.78, 5) is 11.2. The molecule has 8 nitrogen and oxygen atoms in total. The fraction of sp³-hybridized carbons (Fsp3) is 0.385. The van der Waals surface area contributed by atoms with Crippen LogP contribution < -0.4 is 15.4 Å². The summed E-state index contributed by atoms with van der Waals surface area (Å²) in [6.45, 7) is 2.52. The second kappa shape index (κ2) is 10.7. The van der Waals surface area contributed by atoms with Gasteiger partial charge < -0.3 is 15.5 Å². The van der Waals surface area contributed by atoms with E-state index >= 15 is 0 Å². The number of hydrogen-bond acceptors (Lipinski definition) is 7. The highest BCUT2D eigenvalue weighted by Gasteiger charge is 2.35. The lowest BCUT2D eigenvalue weighted by Gasteiger charge is -2.29. The second-order valence-electron chi connectivity index (χ2n) is 9.61. The quantitative estimate of drug-likeness (QED) is 0.360. The standard InChI is InChI=1S/C26H31ClN6O2S/c1-33-13-11-20(12-14-33)19-5-7-21(8-6-19)31-26-28-17-24(27)25(32-26)30-22-4-2-3-18(15-22)16-29-36(34,35)23-9-10-23/h2-8,15,17,20,23,29H,9-14,16H2,1H3,(H2,28,30,31,32). The lowest BCUT2D eigenvalue weighted by Crippen LogP contribution is -2.29.